The summed E-state index contributed by atoms with van der Waals surface area (Å²) in [6.45, 7) is 9.94. The molecule has 0 aromatic rings. The minimum absolute atomic E-state index is 0.218. The zero-order chi connectivity index (χ0) is 12.0. The van der Waals surface area contributed by atoms with E-state index in [0.717, 1.165) is 26.2 Å². The van der Waals surface area contributed by atoms with Gasteiger partial charge in [0.05, 0.1) is 6.61 Å². The molecule has 16 heavy (non-hydrogen) atoms. The van der Waals surface area contributed by atoms with Crippen molar-refractivity contribution in [2.24, 2.45) is 0 Å². The van der Waals surface area contributed by atoms with Crippen molar-refractivity contribution in [2.45, 2.75) is 32.4 Å². The maximum Gasteiger partial charge on any atom is 0.0597 e. The van der Waals surface area contributed by atoms with Gasteiger partial charge in [-0.1, -0.05) is 6.92 Å². The first-order valence-electron chi connectivity index (χ1n) is 6.44. The second-order valence-electron chi connectivity index (χ2n) is 4.90. The van der Waals surface area contributed by atoms with E-state index in [-0.39, 0.29) is 12.6 Å². The molecule has 2 unspecified atom stereocenters. The molecule has 4 heteroatoms. The van der Waals surface area contributed by atoms with Crippen LogP contribution in [-0.4, -0.2) is 73.4 Å². The number of hydrogen-bond donors (Lipinski definition) is 2. The Kier molecular flexibility index (Phi) is 6.28. The number of aliphatic hydroxyl groups is 1. The normalized spacial score (nSPS) is 26.6. The van der Waals surface area contributed by atoms with E-state index < -0.39 is 0 Å². The Hall–Kier alpha value is -0.160. The van der Waals surface area contributed by atoms with Gasteiger partial charge in [0.25, 0.3) is 0 Å². The van der Waals surface area contributed by atoms with Gasteiger partial charge in [-0.2, -0.15) is 0 Å². The summed E-state index contributed by atoms with van der Waals surface area (Å²) in [5.74, 6) is 0. The van der Waals surface area contributed by atoms with Gasteiger partial charge in [-0.05, 0) is 40.0 Å². The van der Waals surface area contributed by atoms with Crippen LogP contribution < -0.4 is 5.32 Å². The third kappa shape index (κ3) is 4.37. The van der Waals surface area contributed by atoms with Crippen molar-refractivity contribution in [1.82, 2.24) is 15.1 Å². The largest absolute Gasteiger partial charge is 0.395 e. The fourth-order valence-electron chi connectivity index (χ4n) is 2.45. The molecule has 0 aromatic carbocycles. The molecule has 4 nitrogen and oxygen atoms in total. The van der Waals surface area contributed by atoms with Crippen LogP contribution in [0.1, 0.15) is 20.3 Å². The van der Waals surface area contributed by atoms with Crippen molar-refractivity contribution in [2.75, 3.05) is 46.4 Å². The molecule has 0 saturated carbocycles. The Morgan fingerprint density at radius 3 is 2.81 bits per heavy atom. The van der Waals surface area contributed by atoms with Gasteiger partial charge in [0.15, 0.2) is 0 Å². The average molecular weight is 229 g/mol. The van der Waals surface area contributed by atoms with Gasteiger partial charge in [0.1, 0.15) is 0 Å². The fourth-order valence-corrected chi connectivity index (χ4v) is 2.45. The van der Waals surface area contributed by atoms with E-state index in [1.165, 1.54) is 13.0 Å². The number of rotatable bonds is 5. The van der Waals surface area contributed by atoms with E-state index in [1.54, 1.807) is 0 Å². The van der Waals surface area contributed by atoms with Crippen LogP contribution in [0.15, 0.2) is 0 Å². The summed E-state index contributed by atoms with van der Waals surface area (Å²) in [6, 6.07) is 0.802. The van der Waals surface area contributed by atoms with Crippen LogP contribution in [0.2, 0.25) is 0 Å². The molecule has 1 heterocycles. The Morgan fingerprint density at radius 2 is 2.19 bits per heavy atom. The van der Waals surface area contributed by atoms with Crippen molar-refractivity contribution in [3.8, 4) is 0 Å². The van der Waals surface area contributed by atoms with Gasteiger partial charge in [-0.15, -0.1) is 0 Å². The van der Waals surface area contributed by atoms with E-state index in [4.69, 9.17) is 0 Å². The minimum atomic E-state index is 0.218. The van der Waals surface area contributed by atoms with Crippen molar-refractivity contribution in [1.29, 1.82) is 0 Å². The van der Waals surface area contributed by atoms with Crippen molar-refractivity contribution in [3.05, 3.63) is 0 Å². The van der Waals surface area contributed by atoms with Crippen molar-refractivity contribution >= 4 is 0 Å². The summed E-state index contributed by atoms with van der Waals surface area (Å²) in [4.78, 5) is 4.89. The Morgan fingerprint density at radius 1 is 1.44 bits per heavy atom. The summed E-state index contributed by atoms with van der Waals surface area (Å²) in [7, 11) is 2.19. The first-order chi connectivity index (χ1) is 7.67. The zero-order valence-corrected chi connectivity index (χ0v) is 10.9. The monoisotopic (exact) mass is 229 g/mol. The van der Waals surface area contributed by atoms with Gasteiger partial charge in [-0.25, -0.2) is 0 Å². The van der Waals surface area contributed by atoms with Crippen molar-refractivity contribution in [3.63, 3.8) is 0 Å². The number of aliphatic hydroxyl groups excluding tert-OH is 1. The highest BCUT2D eigenvalue weighted by Gasteiger charge is 2.21. The molecule has 2 N–H and O–H groups in total. The third-order valence-corrected chi connectivity index (χ3v) is 3.35. The highest BCUT2D eigenvalue weighted by Crippen LogP contribution is 2.08. The van der Waals surface area contributed by atoms with Crippen LogP contribution in [0.5, 0.6) is 0 Å². The average Bonchev–Trinajstić information content (AvgIpc) is 2.40. The smallest absolute Gasteiger partial charge is 0.0597 e. The van der Waals surface area contributed by atoms with Crippen LogP contribution in [0.4, 0.5) is 0 Å². The predicted octanol–water partition coefficient (Wildman–Crippen LogP) is -0.0172. The summed E-state index contributed by atoms with van der Waals surface area (Å²) in [6.07, 6.45) is 1.23. The van der Waals surface area contributed by atoms with E-state index in [0.29, 0.717) is 6.04 Å². The molecule has 2 atom stereocenters. The molecule has 0 aromatic heterocycles. The number of nitrogens with one attached hydrogen (secondary N) is 1. The SMILES string of the molecule is CCNC(CO)CN1CCCN(C)CC1C. The van der Waals surface area contributed by atoms with Crippen LogP contribution in [0, 0.1) is 0 Å². The Bertz CT molecular complexity index is 189. The van der Waals surface area contributed by atoms with E-state index >= 15 is 0 Å². The number of hydrogen-bond acceptors (Lipinski definition) is 4. The van der Waals surface area contributed by atoms with Gasteiger partial charge >= 0.3 is 0 Å². The van der Waals surface area contributed by atoms with Crippen LogP contribution in [0.25, 0.3) is 0 Å². The highest BCUT2D eigenvalue weighted by molar-refractivity contribution is 4.79. The molecule has 1 aliphatic rings. The molecule has 1 fully saturated rings. The summed E-state index contributed by atoms with van der Waals surface area (Å²) < 4.78 is 0. The Labute approximate surface area is 99.6 Å². The lowest BCUT2D eigenvalue weighted by molar-refractivity contribution is 0.151. The fraction of sp³-hybridized carbons (Fsp3) is 1.00. The highest BCUT2D eigenvalue weighted by atomic mass is 16.3. The molecular weight excluding hydrogens is 202 g/mol. The molecule has 96 valence electrons. The lowest BCUT2D eigenvalue weighted by Crippen LogP contribution is -2.47. The third-order valence-electron chi connectivity index (χ3n) is 3.35. The van der Waals surface area contributed by atoms with Crippen molar-refractivity contribution < 1.29 is 5.11 Å². The quantitative estimate of drug-likeness (QED) is 0.695. The number of nitrogens with zero attached hydrogens (tertiary/aromatic N) is 2. The topological polar surface area (TPSA) is 38.7 Å². The maximum atomic E-state index is 9.30. The van der Waals surface area contributed by atoms with Crippen LogP contribution in [-0.2, 0) is 0 Å². The molecule has 0 aliphatic carbocycles. The van der Waals surface area contributed by atoms with Gasteiger partial charge < -0.3 is 15.3 Å². The predicted molar refractivity (Wildman–Crippen MR) is 67.7 cm³/mol. The molecule has 0 radical (unpaired) electrons. The molecule has 1 aliphatic heterocycles. The van der Waals surface area contributed by atoms with E-state index in [1.807, 2.05) is 0 Å². The van der Waals surface area contributed by atoms with Gasteiger partial charge in [0.2, 0.25) is 0 Å². The Balaban J connectivity index is 2.44. The molecular formula is C12H27N3O. The molecule has 0 amide bonds. The molecule has 1 saturated heterocycles. The summed E-state index contributed by atoms with van der Waals surface area (Å²) in [5.41, 5.74) is 0. The zero-order valence-electron chi connectivity index (χ0n) is 10.9. The van der Waals surface area contributed by atoms with Gasteiger partial charge in [-0.3, -0.25) is 4.90 Å². The summed E-state index contributed by atoms with van der Waals surface area (Å²) >= 11 is 0. The first kappa shape index (κ1) is 13.9. The lowest BCUT2D eigenvalue weighted by atomic mass is 10.2. The first-order valence-corrected chi connectivity index (χ1v) is 6.44. The molecule has 1 rings (SSSR count). The molecule has 0 bridgehead atoms. The minimum Gasteiger partial charge on any atom is -0.395 e. The number of likely N-dealkylation sites (N-methyl/N-ethyl adjacent to an activating group) is 2. The second-order valence-corrected chi connectivity index (χ2v) is 4.90. The maximum absolute atomic E-state index is 9.30. The standard InChI is InChI=1S/C12H27N3O/c1-4-13-12(10-16)9-15-7-5-6-14(3)8-11(15)2/h11-13,16H,4-10H2,1-3H3. The van der Waals surface area contributed by atoms with E-state index in [9.17, 15) is 5.11 Å². The van der Waals surface area contributed by atoms with Crippen LogP contribution in [0.3, 0.4) is 0 Å². The summed E-state index contributed by atoms with van der Waals surface area (Å²) in [5, 5.41) is 12.6. The molecule has 0 spiro atoms. The van der Waals surface area contributed by atoms with Crippen LogP contribution >= 0.6 is 0 Å². The van der Waals surface area contributed by atoms with Gasteiger partial charge in [0, 0.05) is 25.2 Å². The lowest BCUT2D eigenvalue weighted by Gasteiger charge is -2.31. The van der Waals surface area contributed by atoms with E-state index in [2.05, 4.69) is 36.0 Å². The second kappa shape index (κ2) is 7.22.